The lowest BCUT2D eigenvalue weighted by atomic mass is 9.84. The summed E-state index contributed by atoms with van der Waals surface area (Å²) in [6, 6.07) is 11.7. The van der Waals surface area contributed by atoms with Gasteiger partial charge in [-0.05, 0) is 30.7 Å². The molecule has 1 aromatic heterocycles. The van der Waals surface area contributed by atoms with E-state index >= 15 is 0 Å². The molecule has 2 aromatic rings. The number of hydrogen-bond donors (Lipinski definition) is 0. The Morgan fingerprint density at radius 2 is 1.08 bits per heavy atom. The van der Waals surface area contributed by atoms with Gasteiger partial charge in [-0.2, -0.15) is 0 Å². The van der Waals surface area contributed by atoms with Crippen LogP contribution in [0.3, 0.4) is 0 Å². The lowest BCUT2D eigenvalue weighted by Gasteiger charge is -2.29. The molecule has 37 heavy (non-hydrogen) atoms. The van der Waals surface area contributed by atoms with E-state index in [9.17, 15) is 0 Å². The number of unbranched alkanes of at least 4 members (excludes halogenated alkanes) is 17. The Hall–Kier alpha value is -1.57. The molecule has 0 saturated heterocycles. The summed E-state index contributed by atoms with van der Waals surface area (Å²) in [5.74, 6) is 0.694. The van der Waals surface area contributed by atoms with Crippen molar-refractivity contribution in [3.05, 3.63) is 54.6 Å². The molecule has 2 atom stereocenters. The first-order chi connectivity index (χ1) is 18.3. The Labute approximate surface area is 231 Å². The Morgan fingerprint density at radius 1 is 0.595 bits per heavy atom. The summed E-state index contributed by atoms with van der Waals surface area (Å²) < 4.78 is 2.42. The number of rotatable bonds is 25. The van der Waals surface area contributed by atoms with Crippen molar-refractivity contribution in [1.29, 1.82) is 0 Å². The fourth-order valence-corrected chi connectivity index (χ4v) is 6.00. The van der Waals surface area contributed by atoms with Gasteiger partial charge in [0.1, 0.15) is 0 Å². The summed E-state index contributed by atoms with van der Waals surface area (Å²) in [6.45, 7) is 4.62. The maximum absolute atomic E-state index is 4.42. The van der Waals surface area contributed by atoms with Gasteiger partial charge in [-0.1, -0.05) is 166 Å². The van der Waals surface area contributed by atoms with Crippen LogP contribution in [0.15, 0.2) is 49.1 Å². The van der Waals surface area contributed by atoms with Gasteiger partial charge in [0.2, 0.25) is 0 Å². The van der Waals surface area contributed by atoms with E-state index in [1.54, 1.807) is 0 Å². The molecule has 0 N–H and O–H groups in total. The zero-order chi connectivity index (χ0) is 26.2. The fraction of sp³-hybridized carbons (Fsp3) is 0.743. The highest BCUT2D eigenvalue weighted by Crippen LogP contribution is 2.32. The van der Waals surface area contributed by atoms with Crippen LogP contribution in [0, 0.1) is 5.92 Å². The van der Waals surface area contributed by atoms with Crippen molar-refractivity contribution < 1.29 is 0 Å². The number of nitrogens with zero attached hydrogens (tertiary/aromatic N) is 2. The van der Waals surface area contributed by atoms with Gasteiger partial charge in [-0.25, -0.2) is 4.98 Å². The Balaban J connectivity index is 1.61. The normalized spacial score (nSPS) is 13.1. The Morgan fingerprint density at radius 3 is 1.59 bits per heavy atom. The van der Waals surface area contributed by atoms with Gasteiger partial charge < -0.3 is 4.57 Å². The summed E-state index contributed by atoms with van der Waals surface area (Å²) in [5.41, 5.74) is 1.49. The van der Waals surface area contributed by atoms with E-state index < -0.39 is 0 Å². The standard InChI is InChI=1S/C35H60N2/c1-3-5-7-8-9-10-11-12-13-14-15-16-17-18-19-24-28-35(37-30-29-36-32-37)34(27-21-6-4-2)31-33-25-22-20-23-26-33/h20,22-23,25-26,29-30,32,34-35H,3-19,21,24,27-28,31H2,1-2H3. The molecular weight excluding hydrogens is 448 g/mol. The summed E-state index contributed by atoms with van der Waals surface area (Å²) in [5, 5.41) is 0. The largest absolute Gasteiger partial charge is 0.334 e. The van der Waals surface area contributed by atoms with Gasteiger partial charge in [0.25, 0.3) is 0 Å². The Kier molecular flexibility index (Phi) is 19.2. The van der Waals surface area contributed by atoms with Crippen molar-refractivity contribution in [1.82, 2.24) is 9.55 Å². The second-order valence-corrected chi connectivity index (χ2v) is 11.6. The molecule has 210 valence electrons. The van der Waals surface area contributed by atoms with Gasteiger partial charge in [0.15, 0.2) is 0 Å². The second-order valence-electron chi connectivity index (χ2n) is 11.6. The van der Waals surface area contributed by atoms with E-state index in [0.717, 1.165) is 0 Å². The minimum atomic E-state index is 0.575. The Bertz CT molecular complexity index is 708. The third kappa shape index (κ3) is 15.4. The van der Waals surface area contributed by atoms with Gasteiger partial charge in [-0.3, -0.25) is 0 Å². The van der Waals surface area contributed by atoms with E-state index in [1.165, 1.54) is 147 Å². The van der Waals surface area contributed by atoms with Gasteiger partial charge in [-0.15, -0.1) is 0 Å². The molecule has 0 amide bonds. The SMILES string of the molecule is CCCCCCCCCCCCCCCCCCC(C(CCCCC)Cc1ccccc1)n1ccnc1. The molecule has 1 heterocycles. The van der Waals surface area contributed by atoms with Crippen LogP contribution in [0.4, 0.5) is 0 Å². The lowest BCUT2D eigenvalue weighted by molar-refractivity contribution is 0.276. The predicted octanol–water partition coefficient (Wildman–Crippen LogP) is 11.5. The third-order valence-electron chi connectivity index (χ3n) is 8.32. The van der Waals surface area contributed by atoms with Crippen LogP contribution in [0.5, 0.6) is 0 Å². The summed E-state index contributed by atoms with van der Waals surface area (Å²) in [7, 11) is 0. The molecule has 1 aromatic carbocycles. The van der Waals surface area contributed by atoms with Crippen LogP contribution in [-0.2, 0) is 6.42 Å². The first-order valence-electron chi connectivity index (χ1n) is 16.4. The molecule has 0 aliphatic heterocycles. The molecule has 0 saturated carbocycles. The number of aromatic nitrogens is 2. The summed E-state index contributed by atoms with van der Waals surface area (Å²) >= 11 is 0. The molecule has 0 aliphatic rings. The van der Waals surface area contributed by atoms with Crippen LogP contribution in [0.2, 0.25) is 0 Å². The molecule has 0 fully saturated rings. The lowest BCUT2D eigenvalue weighted by Crippen LogP contribution is -2.21. The van der Waals surface area contributed by atoms with Gasteiger partial charge in [0, 0.05) is 18.4 Å². The minimum absolute atomic E-state index is 0.575. The van der Waals surface area contributed by atoms with Crippen molar-refractivity contribution in [2.75, 3.05) is 0 Å². The van der Waals surface area contributed by atoms with Crippen LogP contribution >= 0.6 is 0 Å². The maximum atomic E-state index is 4.42. The van der Waals surface area contributed by atoms with E-state index in [1.807, 2.05) is 6.20 Å². The van der Waals surface area contributed by atoms with E-state index in [4.69, 9.17) is 0 Å². The van der Waals surface area contributed by atoms with Crippen molar-refractivity contribution in [3.63, 3.8) is 0 Å². The average molecular weight is 509 g/mol. The molecule has 0 bridgehead atoms. The maximum Gasteiger partial charge on any atom is 0.0948 e. The van der Waals surface area contributed by atoms with Crippen molar-refractivity contribution in [3.8, 4) is 0 Å². The first kappa shape index (κ1) is 31.6. The highest BCUT2D eigenvalue weighted by molar-refractivity contribution is 5.15. The predicted molar refractivity (Wildman–Crippen MR) is 163 cm³/mol. The average Bonchev–Trinajstić information content (AvgIpc) is 3.45. The molecule has 0 spiro atoms. The van der Waals surface area contributed by atoms with Gasteiger partial charge >= 0.3 is 0 Å². The first-order valence-corrected chi connectivity index (χ1v) is 16.4. The monoisotopic (exact) mass is 508 g/mol. The van der Waals surface area contributed by atoms with Crippen LogP contribution in [-0.4, -0.2) is 9.55 Å². The van der Waals surface area contributed by atoms with Gasteiger partial charge in [0.05, 0.1) is 6.33 Å². The number of imidazole rings is 1. The topological polar surface area (TPSA) is 17.8 Å². The number of benzene rings is 1. The van der Waals surface area contributed by atoms with E-state index in [0.29, 0.717) is 12.0 Å². The van der Waals surface area contributed by atoms with Crippen molar-refractivity contribution in [2.24, 2.45) is 5.92 Å². The van der Waals surface area contributed by atoms with Crippen LogP contribution in [0.1, 0.15) is 160 Å². The van der Waals surface area contributed by atoms with E-state index in [-0.39, 0.29) is 0 Å². The molecule has 0 radical (unpaired) electrons. The summed E-state index contributed by atoms with van der Waals surface area (Å²) in [6.07, 6.45) is 37.0. The zero-order valence-electron chi connectivity index (χ0n) is 24.7. The number of hydrogen-bond acceptors (Lipinski definition) is 1. The second kappa shape index (κ2) is 22.4. The molecule has 2 nitrogen and oxygen atoms in total. The highest BCUT2D eigenvalue weighted by atomic mass is 15.1. The smallest absolute Gasteiger partial charge is 0.0948 e. The fourth-order valence-electron chi connectivity index (χ4n) is 6.00. The van der Waals surface area contributed by atoms with Crippen LogP contribution < -0.4 is 0 Å². The minimum Gasteiger partial charge on any atom is -0.334 e. The highest BCUT2D eigenvalue weighted by Gasteiger charge is 2.22. The van der Waals surface area contributed by atoms with Crippen molar-refractivity contribution in [2.45, 2.75) is 161 Å². The molecular formula is C35H60N2. The summed E-state index contributed by atoms with van der Waals surface area (Å²) in [4.78, 5) is 4.42. The van der Waals surface area contributed by atoms with E-state index in [2.05, 4.69) is 66.3 Å². The molecule has 2 unspecified atom stereocenters. The van der Waals surface area contributed by atoms with Crippen molar-refractivity contribution >= 4 is 0 Å². The third-order valence-corrected chi connectivity index (χ3v) is 8.32. The quantitative estimate of drug-likeness (QED) is 0.122. The molecule has 2 rings (SSSR count). The van der Waals surface area contributed by atoms with Crippen LogP contribution in [0.25, 0.3) is 0 Å². The zero-order valence-corrected chi connectivity index (χ0v) is 24.7. The molecule has 0 aliphatic carbocycles. The molecule has 2 heteroatoms.